The van der Waals surface area contributed by atoms with E-state index in [1.807, 2.05) is 0 Å². The molecule has 0 aliphatic heterocycles. The first kappa shape index (κ1) is 11.0. The topological polar surface area (TPSA) is 95.9 Å². The Labute approximate surface area is 96.0 Å². The molecule has 0 fully saturated rings. The minimum absolute atomic E-state index is 0.135. The quantitative estimate of drug-likeness (QED) is 0.799. The van der Waals surface area contributed by atoms with Gasteiger partial charge in [0, 0.05) is 29.7 Å². The lowest BCUT2D eigenvalue weighted by molar-refractivity contribution is -0.136. The fraction of sp³-hybridized carbons (Fsp3) is 0.0909. The lowest BCUT2D eigenvalue weighted by Crippen LogP contribution is -2.17. The summed E-state index contributed by atoms with van der Waals surface area (Å²) in [4.78, 5) is 32.5. The molecule has 0 atom stereocenters. The number of carboxylic acid groups (broad SMARTS) is 1. The molecule has 2 N–H and O–H groups in total. The molecule has 0 saturated heterocycles. The Bertz CT molecular complexity index is 592. The van der Waals surface area contributed by atoms with Crippen LogP contribution in [0.5, 0.6) is 0 Å². The Hall–Kier alpha value is -2.50. The Morgan fingerprint density at radius 2 is 2.06 bits per heavy atom. The molecule has 0 unspecified atom stereocenters. The van der Waals surface area contributed by atoms with Crippen LogP contribution in [0.2, 0.25) is 0 Å². The molecule has 17 heavy (non-hydrogen) atoms. The van der Waals surface area contributed by atoms with Crippen molar-refractivity contribution in [3.63, 3.8) is 0 Å². The third kappa shape index (κ3) is 2.54. The molecule has 86 valence electrons. The van der Waals surface area contributed by atoms with Crippen LogP contribution in [-0.4, -0.2) is 26.0 Å². The zero-order chi connectivity index (χ0) is 12.3. The number of hydrogen-bond donors (Lipinski definition) is 2. The van der Waals surface area contributed by atoms with Crippen LogP contribution in [0.1, 0.15) is 5.56 Å². The minimum atomic E-state index is -1.06. The van der Waals surface area contributed by atoms with E-state index in [2.05, 4.69) is 15.0 Å². The van der Waals surface area contributed by atoms with Gasteiger partial charge in [0.1, 0.15) is 5.82 Å². The summed E-state index contributed by atoms with van der Waals surface area (Å²) in [6.07, 6.45) is 4.11. The number of nitrogens with one attached hydrogen (secondary N) is 1. The van der Waals surface area contributed by atoms with Gasteiger partial charge < -0.3 is 10.1 Å². The number of rotatable bonds is 3. The molecule has 0 radical (unpaired) electrons. The molecule has 0 aromatic carbocycles. The number of carbonyl (C=O) groups is 1. The van der Waals surface area contributed by atoms with Crippen molar-refractivity contribution in [2.45, 2.75) is 6.42 Å². The third-order valence-electron chi connectivity index (χ3n) is 2.17. The maximum Gasteiger partial charge on any atom is 0.308 e. The predicted octanol–water partition coefficient (Wildman–Crippen LogP) is 0.459. The highest BCUT2D eigenvalue weighted by Crippen LogP contribution is 2.10. The van der Waals surface area contributed by atoms with Crippen molar-refractivity contribution in [2.24, 2.45) is 0 Å². The number of aromatic nitrogens is 3. The van der Waals surface area contributed by atoms with Gasteiger partial charge in [0.05, 0.1) is 6.42 Å². The zero-order valence-corrected chi connectivity index (χ0v) is 8.75. The van der Waals surface area contributed by atoms with Crippen molar-refractivity contribution in [3.05, 3.63) is 46.6 Å². The van der Waals surface area contributed by atoms with Crippen LogP contribution in [0, 0.1) is 0 Å². The van der Waals surface area contributed by atoms with E-state index >= 15 is 0 Å². The van der Waals surface area contributed by atoms with Crippen molar-refractivity contribution in [1.82, 2.24) is 15.0 Å². The number of aliphatic carboxylic acids is 1. The van der Waals surface area contributed by atoms with E-state index in [1.165, 1.54) is 6.20 Å². The van der Waals surface area contributed by atoms with Gasteiger partial charge in [-0.3, -0.25) is 14.6 Å². The standard InChI is InChI=1S/C11H9N3O3/c15-9(16)5-8-6-13-10(14-11(8)17)7-1-3-12-4-2-7/h1-4,6H,5H2,(H,15,16)(H,13,14,17). The van der Waals surface area contributed by atoms with Gasteiger partial charge in [-0.1, -0.05) is 0 Å². The van der Waals surface area contributed by atoms with Crippen LogP contribution in [0.25, 0.3) is 11.4 Å². The smallest absolute Gasteiger partial charge is 0.308 e. The first-order valence-corrected chi connectivity index (χ1v) is 4.87. The fourth-order valence-electron chi connectivity index (χ4n) is 1.37. The Morgan fingerprint density at radius 1 is 1.35 bits per heavy atom. The molecule has 2 heterocycles. The number of aromatic amines is 1. The maximum atomic E-state index is 11.6. The SMILES string of the molecule is O=C(O)Cc1cnc(-c2ccncc2)[nH]c1=O. The average Bonchev–Trinajstić information content (AvgIpc) is 2.32. The summed E-state index contributed by atoms with van der Waals surface area (Å²) in [6, 6.07) is 3.41. The molecular weight excluding hydrogens is 222 g/mol. The molecule has 0 spiro atoms. The molecule has 6 nitrogen and oxygen atoms in total. The number of hydrogen-bond acceptors (Lipinski definition) is 4. The molecule has 0 aliphatic carbocycles. The van der Waals surface area contributed by atoms with E-state index in [4.69, 9.17) is 5.11 Å². The van der Waals surface area contributed by atoms with E-state index in [0.29, 0.717) is 5.82 Å². The van der Waals surface area contributed by atoms with Crippen molar-refractivity contribution in [3.8, 4) is 11.4 Å². The van der Waals surface area contributed by atoms with Gasteiger partial charge in [-0.15, -0.1) is 0 Å². The molecular formula is C11H9N3O3. The Balaban J connectivity index is 2.38. The van der Waals surface area contributed by atoms with Crippen LogP contribution in [-0.2, 0) is 11.2 Å². The van der Waals surface area contributed by atoms with Crippen LogP contribution < -0.4 is 5.56 Å². The zero-order valence-electron chi connectivity index (χ0n) is 8.75. The fourth-order valence-corrected chi connectivity index (χ4v) is 1.37. The van der Waals surface area contributed by atoms with Crippen molar-refractivity contribution < 1.29 is 9.90 Å². The van der Waals surface area contributed by atoms with E-state index in [-0.39, 0.29) is 12.0 Å². The van der Waals surface area contributed by atoms with Crippen molar-refractivity contribution in [2.75, 3.05) is 0 Å². The second-order valence-corrected chi connectivity index (χ2v) is 3.39. The second-order valence-electron chi connectivity index (χ2n) is 3.39. The van der Waals surface area contributed by atoms with Crippen molar-refractivity contribution >= 4 is 5.97 Å². The molecule has 0 saturated carbocycles. The molecule has 0 amide bonds. The lowest BCUT2D eigenvalue weighted by Gasteiger charge is -2.01. The van der Waals surface area contributed by atoms with Gasteiger partial charge in [-0.2, -0.15) is 0 Å². The van der Waals surface area contributed by atoms with Gasteiger partial charge in [-0.25, -0.2) is 4.98 Å². The molecule has 2 aromatic rings. The highest BCUT2D eigenvalue weighted by atomic mass is 16.4. The summed E-state index contributed by atoms with van der Waals surface area (Å²) >= 11 is 0. The molecule has 0 aliphatic rings. The summed E-state index contributed by atoms with van der Waals surface area (Å²) in [6.45, 7) is 0. The summed E-state index contributed by atoms with van der Waals surface area (Å²) in [5.41, 5.74) is 0.420. The first-order valence-electron chi connectivity index (χ1n) is 4.87. The third-order valence-corrected chi connectivity index (χ3v) is 2.17. The van der Waals surface area contributed by atoms with E-state index < -0.39 is 11.5 Å². The molecule has 6 heteroatoms. The van der Waals surface area contributed by atoms with E-state index in [0.717, 1.165) is 5.56 Å². The highest BCUT2D eigenvalue weighted by Gasteiger charge is 2.07. The van der Waals surface area contributed by atoms with Crippen LogP contribution >= 0.6 is 0 Å². The number of pyridine rings is 1. The van der Waals surface area contributed by atoms with Crippen LogP contribution in [0.3, 0.4) is 0 Å². The number of H-pyrrole nitrogens is 1. The van der Waals surface area contributed by atoms with Crippen LogP contribution in [0.4, 0.5) is 0 Å². The summed E-state index contributed by atoms with van der Waals surface area (Å²) in [5.74, 6) is -0.666. The summed E-state index contributed by atoms with van der Waals surface area (Å²) < 4.78 is 0. The Morgan fingerprint density at radius 3 is 2.65 bits per heavy atom. The van der Waals surface area contributed by atoms with Gasteiger partial charge in [0.15, 0.2) is 0 Å². The van der Waals surface area contributed by atoms with Crippen molar-refractivity contribution in [1.29, 1.82) is 0 Å². The second kappa shape index (κ2) is 4.56. The van der Waals surface area contributed by atoms with Crippen LogP contribution in [0.15, 0.2) is 35.5 Å². The van der Waals surface area contributed by atoms with E-state index in [1.54, 1.807) is 24.5 Å². The first-order chi connectivity index (χ1) is 8.16. The van der Waals surface area contributed by atoms with E-state index in [9.17, 15) is 9.59 Å². The highest BCUT2D eigenvalue weighted by molar-refractivity contribution is 5.70. The average molecular weight is 231 g/mol. The normalized spacial score (nSPS) is 10.1. The molecule has 2 aromatic heterocycles. The lowest BCUT2D eigenvalue weighted by atomic mass is 10.2. The molecule has 0 bridgehead atoms. The number of nitrogens with zero attached hydrogens (tertiary/aromatic N) is 2. The molecule has 2 rings (SSSR count). The predicted molar refractivity (Wildman–Crippen MR) is 59.4 cm³/mol. The monoisotopic (exact) mass is 231 g/mol. The largest absolute Gasteiger partial charge is 0.481 e. The Kier molecular flexibility index (Phi) is 2.95. The van der Waals surface area contributed by atoms with Gasteiger partial charge in [0.25, 0.3) is 5.56 Å². The summed E-state index contributed by atoms with van der Waals surface area (Å²) in [7, 11) is 0. The maximum absolute atomic E-state index is 11.6. The summed E-state index contributed by atoms with van der Waals surface area (Å²) in [5, 5.41) is 8.59. The van der Waals surface area contributed by atoms with Gasteiger partial charge in [-0.05, 0) is 12.1 Å². The van der Waals surface area contributed by atoms with Gasteiger partial charge >= 0.3 is 5.97 Å². The number of carboxylic acids is 1. The van der Waals surface area contributed by atoms with Gasteiger partial charge in [0.2, 0.25) is 0 Å². The minimum Gasteiger partial charge on any atom is -0.481 e.